The van der Waals surface area contributed by atoms with E-state index in [4.69, 9.17) is 9.15 Å². The highest BCUT2D eigenvalue weighted by Crippen LogP contribution is 2.28. The Labute approximate surface area is 164 Å². The number of benzene rings is 2. The van der Waals surface area contributed by atoms with Crippen molar-refractivity contribution in [3.05, 3.63) is 58.4 Å². The van der Waals surface area contributed by atoms with Crippen LogP contribution in [0.1, 0.15) is 19.4 Å². The monoisotopic (exact) mass is 378 g/mol. The summed E-state index contributed by atoms with van der Waals surface area (Å²) in [6.45, 7) is 8.21. The van der Waals surface area contributed by atoms with Crippen LogP contribution in [0.25, 0.3) is 22.1 Å². The van der Waals surface area contributed by atoms with E-state index in [2.05, 4.69) is 30.1 Å². The van der Waals surface area contributed by atoms with Crippen molar-refractivity contribution in [2.24, 2.45) is 0 Å². The Morgan fingerprint density at radius 1 is 1.07 bits per heavy atom. The van der Waals surface area contributed by atoms with Crippen LogP contribution in [0, 0.1) is 6.92 Å². The number of methoxy groups -OCH3 is 1. The lowest BCUT2D eigenvalue weighted by molar-refractivity contribution is 0.407. The topological polar surface area (TPSA) is 54.7 Å². The van der Waals surface area contributed by atoms with Gasteiger partial charge in [0.15, 0.2) is 0 Å². The SMILES string of the molecule is COc1ccc(-c2cc3ccc(N4C[C@@H](C)N[C@@H](C)C4)cc3oc2=O)cc1C. The van der Waals surface area contributed by atoms with E-state index < -0.39 is 0 Å². The molecule has 146 valence electrons. The summed E-state index contributed by atoms with van der Waals surface area (Å²) in [4.78, 5) is 15.0. The molecule has 4 rings (SSSR count). The molecule has 1 N–H and O–H groups in total. The average molecular weight is 378 g/mol. The Balaban J connectivity index is 1.72. The molecular weight excluding hydrogens is 352 g/mol. The van der Waals surface area contributed by atoms with Crippen LogP contribution in [0.15, 0.2) is 51.7 Å². The van der Waals surface area contributed by atoms with E-state index in [9.17, 15) is 4.79 Å². The second-order valence-corrected chi connectivity index (χ2v) is 7.73. The lowest BCUT2D eigenvalue weighted by Crippen LogP contribution is -2.54. The minimum absolute atomic E-state index is 0.323. The number of fused-ring (bicyclic) bond motifs is 1. The zero-order valence-electron chi connectivity index (χ0n) is 16.8. The normalized spacial score (nSPS) is 19.8. The number of aryl methyl sites for hydroxylation is 1. The Bertz CT molecular complexity index is 1060. The lowest BCUT2D eigenvalue weighted by Gasteiger charge is -2.37. The number of ether oxygens (including phenoxy) is 1. The molecule has 2 atom stereocenters. The van der Waals surface area contributed by atoms with Crippen molar-refractivity contribution in [1.82, 2.24) is 5.32 Å². The molecule has 28 heavy (non-hydrogen) atoms. The van der Waals surface area contributed by atoms with Crippen LogP contribution >= 0.6 is 0 Å². The summed E-state index contributed by atoms with van der Waals surface area (Å²) in [5, 5.41) is 4.46. The van der Waals surface area contributed by atoms with Crippen molar-refractivity contribution in [3.63, 3.8) is 0 Å². The first-order valence-electron chi connectivity index (χ1n) is 9.68. The van der Waals surface area contributed by atoms with Crippen molar-refractivity contribution in [2.45, 2.75) is 32.9 Å². The van der Waals surface area contributed by atoms with Crippen molar-refractivity contribution in [2.75, 3.05) is 25.1 Å². The van der Waals surface area contributed by atoms with E-state index in [0.29, 0.717) is 23.2 Å². The molecule has 5 nitrogen and oxygen atoms in total. The smallest absolute Gasteiger partial charge is 0.344 e. The van der Waals surface area contributed by atoms with Gasteiger partial charge < -0.3 is 19.4 Å². The van der Waals surface area contributed by atoms with Crippen molar-refractivity contribution >= 4 is 16.7 Å². The zero-order valence-corrected chi connectivity index (χ0v) is 16.8. The van der Waals surface area contributed by atoms with E-state index in [1.165, 1.54) is 0 Å². The minimum Gasteiger partial charge on any atom is -0.496 e. The summed E-state index contributed by atoms with van der Waals surface area (Å²) in [5.41, 5.74) is 3.77. The van der Waals surface area contributed by atoms with Gasteiger partial charge in [0.1, 0.15) is 11.3 Å². The van der Waals surface area contributed by atoms with Gasteiger partial charge in [0.2, 0.25) is 0 Å². The fourth-order valence-corrected chi connectivity index (χ4v) is 4.08. The van der Waals surface area contributed by atoms with E-state index in [1.54, 1.807) is 7.11 Å². The van der Waals surface area contributed by atoms with Gasteiger partial charge in [-0.3, -0.25) is 0 Å². The highest BCUT2D eigenvalue weighted by Gasteiger charge is 2.21. The molecule has 1 saturated heterocycles. The first kappa shape index (κ1) is 18.6. The third-order valence-electron chi connectivity index (χ3n) is 5.35. The number of rotatable bonds is 3. The molecule has 2 heterocycles. The molecule has 2 aromatic carbocycles. The summed E-state index contributed by atoms with van der Waals surface area (Å²) in [5.74, 6) is 0.804. The van der Waals surface area contributed by atoms with Crippen LogP contribution in [-0.2, 0) is 0 Å². The third kappa shape index (κ3) is 3.50. The van der Waals surface area contributed by atoms with Gasteiger partial charge >= 0.3 is 5.63 Å². The van der Waals surface area contributed by atoms with E-state index in [-0.39, 0.29) is 5.63 Å². The molecule has 1 fully saturated rings. The van der Waals surface area contributed by atoms with Gasteiger partial charge in [-0.15, -0.1) is 0 Å². The van der Waals surface area contributed by atoms with Crippen LogP contribution in [0.3, 0.4) is 0 Å². The maximum Gasteiger partial charge on any atom is 0.344 e. The number of hydrogen-bond acceptors (Lipinski definition) is 5. The molecule has 0 spiro atoms. The maximum atomic E-state index is 12.7. The predicted octanol–water partition coefficient (Wildman–Crippen LogP) is 3.96. The molecule has 1 aliphatic rings. The highest BCUT2D eigenvalue weighted by molar-refractivity contribution is 5.84. The molecule has 0 bridgehead atoms. The quantitative estimate of drug-likeness (QED) is 0.699. The predicted molar refractivity (Wildman–Crippen MR) is 113 cm³/mol. The molecular formula is C23H26N2O3. The molecule has 1 aromatic heterocycles. The van der Waals surface area contributed by atoms with Crippen LogP contribution < -0.4 is 20.6 Å². The number of anilines is 1. The fraction of sp³-hybridized carbons (Fsp3) is 0.348. The van der Waals surface area contributed by atoms with Gasteiger partial charge in [-0.05, 0) is 62.2 Å². The fourth-order valence-electron chi connectivity index (χ4n) is 4.08. The standard InChI is InChI=1S/C23H26N2O3/c1-14-9-17(6-8-21(14)27-4)20-10-18-5-7-19(11-22(18)28-23(20)26)25-12-15(2)24-16(3)13-25/h5-11,15-16,24H,12-13H2,1-4H3/t15-,16+. The van der Waals surface area contributed by atoms with Crippen LogP contribution in [0.2, 0.25) is 0 Å². The Morgan fingerprint density at radius 3 is 2.50 bits per heavy atom. The van der Waals surface area contributed by atoms with Gasteiger partial charge in [0, 0.05) is 42.3 Å². The van der Waals surface area contributed by atoms with Gasteiger partial charge in [-0.25, -0.2) is 4.79 Å². The van der Waals surface area contributed by atoms with Crippen molar-refractivity contribution in [1.29, 1.82) is 0 Å². The summed E-state index contributed by atoms with van der Waals surface area (Å²) < 4.78 is 11.0. The molecule has 3 aromatic rings. The van der Waals surface area contributed by atoms with Gasteiger partial charge in [-0.2, -0.15) is 0 Å². The summed E-state index contributed by atoms with van der Waals surface area (Å²) in [7, 11) is 1.64. The first-order valence-corrected chi connectivity index (χ1v) is 9.68. The lowest BCUT2D eigenvalue weighted by atomic mass is 10.0. The molecule has 0 aliphatic carbocycles. The molecule has 0 amide bonds. The Hall–Kier alpha value is -2.79. The van der Waals surface area contributed by atoms with Crippen LogP contribution in [-0.4, -0.2) is 32.3 Å². The highest BCUT2D eigenvalue weighted by atomic mass is 16.5. The van der Waals surface area contributed by atoms with Gasteiger partial charge in [0.05, 0.1) is 12.7 Å². The van der Waals surface area contributed by atoms with Crippen LogP contribution in [0.5, 0.6) is 5.75 Å². The maximum absolute atomic E-state index is 12.7. The van der Waals surface area contributed by atoms with E-state index in [1.807, 2.05) is 43.3 Å². The number of piperazine rings is 1. The second kappa shape index (κ2) is 7.32. The van der Waals surface area contributed by atoms with E-state index in [0.717, 1.165) is 41.0 Å². The van der Waals surface area contributed by atoms with E-state index >= 15 is 0 Å². The average Bonchev–Trinajstić information content (AvgIpc) is 2.66. The minimum atomic E-state index is -0.323. The summed E-state index contributed by atoms with van der Waals surface area (Å²) in [6.07, 6.45) is 0. The number of nitrogens with one attached hydrogen (secondary N) is 1. The molecule has 1 aliphatic heterocycles. The summed E-state index contributed by atoms with van der Waals surface area (Å²) in [6, 6.07) is 14.6. The first-order chi connectivity index (χ1) is 13.4. The number of hydrogen-bond donors (Lipinski definition) is 1. The van der Waals surface area contributed by atoms with Crippen molar-refractivity contribution < 1.29 is 9.15 Å². The van der Waals surface area contributed by atoms with Crippen LogP contribution in [0.4, 0.5) is 5.69 Å². The number of nitrogens with zero attached hydrogens (tertiary/aromatic N) is 1. The second-order valence-electron chi connectivity index (χ2n) is 7.73. The van der Waals surface area contributed by atoms with Gasteiger partial charge in [0.25, 0.3) is 0 Å². The zero-order chi connectivity index (χ0) is 19.8. The largest absolute Gasteiger partial charge is 0.496 e. The molecule has 0 radical (unpaired) electrons. The third-order valence-corrected chi connectivity index (χ3v) is 5.35. The Kier molecular flexibility index (Phi) is 4.85. The molecule has 5 heteroatoms. The summed E-state index contributed by atoms with van der Waals surface area (Å²) >= 11 is 0. The Morgan fingerprint density at radius 2 is 1.82 bits per heavy atom. The van der Waals surface area contributed by atoms with Crippen molar-refractivity contribution in [3.8, 4) is 16.9 Å². The van der Waals surface area contributed by atoms with Gasteiger partial charge in [-0.1, -0.05) is 6.07 Å². The molecule has 0 unspecified atom stereocenters. The molecule has 0 saturated carbocycles.